The number of nitrogens with one attached hydrogen (secondary N) is 1. The van der Waals surface area contributed by atoms with Crippen LogP contribution >= 0.6 is 0 Å². The van der Waals surface area contributed by atoms with Gasteiger partial charge in [-0.1, -0.05) is 81.4 Å². The van der Waals surface area contributed by atoms with E-state index in [0.29, 0.717) is 6.61 Å². The van der Waals surface area contributed by atoms with Gasteiger partial charge in [-0.25, -0.2) is 15.2 Å². The number of rotatable bonds is 5. The van der Waals surface area contributed by atoms with Crippen LogP contribution in [0.15, 0.2) is 60.7 Å². The summed E-state index contributed by atoms with van der Waals surface area (Å²) in [6.45, 7) is 6.92. The van der Waals surface area contributed by atoms with E-state index in [-0.39, 0.29) is 23.6 Å². The Labute approximate surface area is 149 Å². The topological polar surface area (TPSA) is 41.6 Å². The van der Waals surface area contributed by atoms with Gasteiger partial charge in [0.2, 0.25) is 0 Å². The molecule has 25 heavy (non-hydrogen) atoms. The first kappa shape index (κ1) is 17.5. The largest absolute Gasteiger partial charge is 0.446 e. The molecule has 1 aliphatic rings. The van der Waals surface area contributed by atoms with Crippen molar-refractivity contribution >= 4 is 6.09 Å². The molecule has 1 aliphatic heterocycles. The second-order valence-electron chi connectivity index (χ2n) is 7.63. The van der Waals surface area contributed by atoms with Gasteiger partial charge >= 0.3 is 6.09 Å². The molecule has 0 saturated carbocycles. The number of carbonyl (C=O) groups is 1. The third-order valence-electron chi connectivity index (χ3n) is 4.54. The molecule has 1 saturated heterocycles. The van der Waals surface area contributed by atoms with Crippen LogP contribution in [0.1, 0.15) is 37.9 Å². The number of ether oxygens (including phenoxy) is 1. The van der Waals surface area contributed by atoms with Crippen LogP contribution in [0.2, 0.25) is 0 Å². The molecule has 1 fully saturated rings. The zero-order valence-electron chi connectivity index (χ0n) is 15.1. The second-order valence-corrected chi connectivity index (χ2v) is 7.63. The number of carbonyl (C=O) groups excluding carboxylic acids is 1. The minimum absolute atomic E-state index is 0.0107. The summed E-state index contributed by atoms with van der Waals surface area (Å²) in [7, 11) is 0. The van der Waals surface area contributed by atoms with Crippen LogP contribution < -0.4 is 5.43 Å². The quantitative estimate of drug-likeness (QED) is 0.881. The molecule has 0 spiro atoms. The standard InChI is InChI=1S/C21H26N2O2/c1-21(2,3)19(17-12-8-5-9-13-17)22-23-18(15-25-20(23)24)14-16-10-6-4-7-11-16/h4-13,18-19,22H,14-15H2,1-3H3/t18-,19-/m0/s1. The number of amides is 1. The summed E-state index contributed by atoms with van der Waals surface area (Å²) in [5, 5.41) is 1.68. The van der Waals surface area contributed by atoms with Crippen LogP contribution in [-0.2, 0) is 11.2 Å². The minimum Gasteiger partial charge on any atom is -0.446 e. The highest BCUT2D eigenvalue weighted by atomic mass is 16.6. The van der Waals surface area contributed by atoms with E-state index in [1.165, 1.54) is 5.56 Å². The molecule has 1 N–H and O–H groups in total. The first-order chi connectivity index (χ1) is 11.9. The molecule has 0 bridgehead atoms. The van der Waals surface area contributed by atoms with Crippen molar-refractivity contribution in [3.05, 3.63) is 71.8 Å². The molecule has 0 radical (unpaired) electrons. The summed E-state index contributed by atoms with van der Waals surface area (Å²) in [4.78, 5) is 12.3. The fraction of sp³-hybridized carbons (Fsp3) is 0.381. The van der Waals surface area contributed by atoms with Crippen LogP contribution in [0.5, 0.6) is 0 Å². The normalized spacial score (nSPS) is 18.9. The van der Waals surface area contributed by atoms with E-state index >= 15 is 0 Å². The third kappa shape index (κ3) is 4.20. The zero-order chi connectivity index (χ0) is 17.9. The molecule has 1 amide bonds. The molecule has 132 valence electrons. The van der Waals surface area contributed by atoms with Gasteiger partial charge in [0.25, 0.3) is 0 Å². The molecule has 0 aliphatic carbocycles. The molecule has 0 unspecified atom stereocenters. The van der Waals surface area contributed by atoms with E-state index in [2.05, 4.69) is 50.5 Å². The molecule has 0 aromatic heterocycles. The summed E-state index contributed by atoms with van der Waals surface area (Å²) >= 11 is 0. The Morgan fingerprint density at radius 3 is 2.28 bits per heavy atom. The molecule has 2 atom stereocenters. The Morgan fingerprint density at radius 1 is 1.08 bits per heavy atom. The SMILES string of the molecule is CC(C)(C)[C@@H](NN1C(=O)OC[C@@H]1Cc1ccccc1)c1ccccc1. The fourth-order valence-electron chi connectivity index (χ4n) is 3.21. The lowest BCUT2D eigenvalue weighted by molar-refractivity contribution is 0.104. The first-order valence-corrected chi connectivity index (χ1v) is 8.76. The van der Waals surface area contributed by atoms with Gasteiger partial charge in [0, 0.05) is 0 Å². The summed E-state index contributed by atoms with van der Waals surface area (Å²) < 4.78 is 5.32. The van der Waals surface area contributed by atoms with E-state index in [4.69, 9.17) is 4.74 Å². The summed E-state index contributed by atoms with van der Waals surface area (Å²) in [6, 6.07) is 20.5. The van der Waals surface area contributed by atoms with Crippen LogP contribution in [0.3, 0.4) is 0 Å². The highest BCUT2D eigenvalue weighted by molar-refractivity contribution is 5.69. The molecule has 4 heteroatoms. The average Bonchev–Trinajstić information content (AvgIpc) is 2.93. The van der Waals surface area contributed by atoms with Crippen molar-refractivity contribution in [3.8, 4) is 0 Å². The number of hydrogen-bond acceptors (Lipinski definition) is 3. The average molecular weight is 338 g/mol. The lowest BCUT2D eigenvalue weighted by Gasteiger charge is -2.36. The van der Waals surface area contributed by atoms with Crippen LogP contribution in [0.25, 0.3) is 0 Å². The number of nitrogens with zero attached hydrogens (tertiary/aromatic N) is 1. The van der Waals surface area contributed by atoms with Crippen molar-refractivity contribution in [2.24, 2.45) is 5.41 Å². The lowest BCUT2D eigenvalue weighted by atomic mass is 9.83. The van der Waals surface area contributed by atoms with Crippen molar-refractivity contribution in [1.82, 2.24) is 10.4 Å². The Hall–Kier alpha value is -2.33. The lowest BCUT2D eigenvalue weighted by Crippen LogP contribution is -2.50. The number of benzene rings is 2. The maximum absolute atomic E-state index is 12.3. The first-order valence-electron chi connectivity index (χ1n) is 8.76. The third-order valence-corrected chi connectivity index (χ3v) is 4.54. The Morgan fingerprint density at radius 2 is 1.68 bits per heavy atom. The smallest absolute Gasteiger partial charge is 0.424 e. The summed E-state index contributed by atoms with van der Waals surface area (Å²) in [5.74, 6) is 0. The van der Waals surface area contributed by atoms with Crippen molar-refractivity contribution < 1.29 is 9.53 Å². The zero-order valence-corrected chi connectivity index (χ0v) is 15.1. The van der Waals surface area contributed by atoms with E-state index in [9.17, 15) is 4.79 Å². The Balaban J connectivity index is 1.80. The minimum atomic E-state index is -0.300. The van der Waals surface area contributed by atoms with Gasteiger partial charge in [-0.3, -0.25) is 0 Å². The van der Waals surface area contributed by atoms with Gasteiger partial charge in [0.15, 0.2) is 0 Å². The van der Waals surface area contributed by atoms with Crippen LogP contribution in [-0.4, -0.2) is 23.8 Å². The number of hydrogen-bond donors (Lipinski definition) is 1. The van der Waals surface area contributed by atoms with Crippen LogP contribution in [0.4, 0.5) is 4.79 Å². The van der Waals surface area contributed by atoms with Gasteiger partial charge in [0.1, 0.15) is 6.61 Å². The van der Waals surface area contributed by atoms with Crippen molar-refractivity contribution in [2.75, 3.05) is 6.61 Å². The van der Waals surface area contributed by atoms with E-state index < -0.39 is 0 Å². The Kier molecular flexibility index (Phi) is 5.09. The van der Waals surface area contributed by atoms with E-state index in [1.807, 2.05) is 36.4 Å². The molecule has 4 nitrogen and oxygen atoms in total. The highest BCUT2D eigenvalue weighted by Gasteiger charge is 2.37. The predicted octanol–water partition coefficient (Wildman–Crippen LogP) is 4.34. The van der Waals surface area contributed by atoms with Crippen molar-refractivity contribution in [1.29, 1.82) is 0 Å². The summed E-state index contributed by atoms with van der Waals surface area (Å²) in [5.41, 5.74) is 5.76. The van der Waals surface area contributed by atoms with E-state index in [0.717, 1.165) is 12.0 Å². The van der Waals surface area contributed by atoms with Gasteiger partial charge < -0.3 is 4.74 Å². The van der Waals surface area contributed by atoms with Gasteiger partial charge in [-0.15, -0.1) is 0 Å². The highest BCUT2D eigenvalue weighted by Crippen LogP contribution is 2.34. The molecule has 2 aromatic carbocycles. The van der Waals surface area contributed by atoms with Gasteiger partial charge in [-0.2, -0.15) is 0 Å². The van der Waals surface area contributed by atoms with Crippen molar-refractivity contribution in [3.63, 3.8) is 0 Å². The van der Waals surface area contributed by atoms with Gasteiger partial charge in [-0.05, 0) is 23.0 Å². The van der Waals surface area contributed by atoms with Crippen LogP contribution in [0, 0.1) is 5.41 Å². The Bertz CT molecular complexity index is 695. The maximum Gasteiger partial charge on any atom is 0.424 e. The molecular formula is C21H26N2O2. The molecular weight excluding hydrogens is 312 g/mol. The second kappa shape index (κ2) is 7.28. The van der Waals surface area contributed by atoms with Crippen molar-refractivity contribution in [2.45, 2.75) is 39.3 Å². The number of hydrazine groups is 1. The molecule has 3 rings (SSSR count). The fourth-order valence-corrected chi connectivity index (χ4v) is 3.21. The number of cyclic esters (lactones) is 1. The monoisotopic (exact) mass is 338 g/mol. The molecule has 1 heterocycles. The van der Waals surface area contributed by atoms with E-state index in [1.54, 1.807) is 5.01 Å². The predicted molar refractivity (Wildman–Crippen MR) is 98.9 cm³/mol. The summed E-state index contributed by atoms with van der Waals surface area (Å²) in [6.07, 6.45) is 0.469. The van der Waals surface area contributed by atoms with Gasteiger partial charge in [0.05, 0.1) is 12.1 Å². The molecule has 2 aromatic rings. The maximum atomic E-state index is 12.3.